The molecule has 1 aromatic rings. The molecule has 0 amide bonds. The van der Waals surface area contributed by atoms with E-state index >= 15 is 0 Å². The summed E-state index contributed by atoms with van der Waals surface area (Å²) in [6.45, 7) is 2.09. The van der Waals surface area contributed by atoms with Gasteiger partial charge in [-0.05, 0) is 42.0 Å². The fourth-order valence-electron chi connectivity index (χ4n) is 3.25. The highest BCUT2D eigenvalue weighted by Gasteiger charge is 2.41. The molecule has 0 spiro atoms. The Balaban J connectivity index is 2.45. The molecule has 0 heterocycles. The first-order valence-corrected chi connectivity index (χ1v) is 7.51. The molecule has 1 aliphatic rings. The summed E-state index contributed by atoms with van der Waals surface area (Å²) >= 11 is 3.41. The number of halogens is 1. The Morgan fingerprint density at radius 3 is 2.58 bits per heavy atom. The highest BCUT2D eigenvalue weighted by atomic mass is 79.9. The third-order valence-corrected chi connectivity index (χ3v) is 4.79. The first kappa shape index (κ1) is 14.4. The van der Waals surface area contributed by atoms with Crippen molar-refractivity contribution in [2.24, 2.45) is 5.41 Å². The summed E-state index contributed by atoms with van der Waals surface area (Å²) in [7, 11) is 0. The van der Waals surface area contributed by atoms with Gasteiger partial charge in [0.25, 0.3) is 0 Å². The summed E-state index contributed by atoms with van der Waals surface area (Å²) < 4.78 is 0.877. The lowest BCUT2D eigenvalue weighted by Gasteiger charge is -2.39. The number of carboxylic acid groups (broad SMARTS) is 1. The zero-order valence-electron chi connectivity index (χ0n) is 11.2. The number of carbonyl (C=O) groups is 1. The maximum Gasteiger partial charge on any atom is 0.311 e. The van der Waals surface area contributed by atoms with E-state index in [4.69, 9.17) is 5.73 Å². The van der Waals surface area contributed by atoms with E-state index in [9.17, 15) is 9.90 Å². The standard InChI is InChI=1S/C15H20BrNO2/c1-15(7-3-2-4-8-15)13(14(18)19)11-9-10(16)5-6-12(11)17/h5-6,9,13H,2-4,7-8,17H2,1H3,(H,18,19). The van der Waals surface area contributed by atoms with Crippen LogP contribution < -0.4 is 5.73 Å². The lowest BCUT2D eigenvalue weighted by Crippen LogP contribution is -2.34. The first-order valence-electron chi connectivity index (χ1n) is 6.72. The zero-order chi connectivity index (χ0) is 14.0. The molecule has 104 valence electrons. The number of hydrogen-bond donors (Lipinski definition) is 2. The third kappa shape index (κ3) is 2.94. The van der Waals surface area contributed by atoms with Crippen LogP contribution in [-0.2, 0) is 4.79 Å². The average molecular weight is 326 g/mol. The van der Waals surface area contributed by atoms with E-state index in [-0.39, 0.29) is 5.41 Å². The van der Waals surface area contributed by atoms with Gasteiger partial charge in [0, 0.05) is 10.2 Å². The number of rotatable bonds is 3. The molecule has 1 fully saturated rings. The monoisotopic (exact) mass is 325 g/mol. The summed E-state index contributed by atoms with van der Waals surface area (Å²) in [5.74, 6) is -1.29. The maximum atomic E-state index is 11.8. The molecule has 3 nitrogen and oxygen atoms in total. The second-order valence-electron chi connectivity index (χ2n) is 5.76. The van der Waals surface area contributed by atoms with E-state index in [1.54, 1.807) is 6.07 Å². The summed E-state index contributed by atoms with van der Waals surface area (Å²) in [6, 6.07) is 5.48. The van der Waals surface area contributed by atoms with Crippen molar-refractivity contribution in [2.75, 3.05) is 5.73 Å². The number of anilines is 1. The van der Waals surface area contributed by atoms with Crippen LogP contribution in [0.4, 0.5) is 5.69 Å². The molecule has 19 heavy (non-hydrogen) atoms. The van der Waals surface area contributed by atoms with Crippen molar-refractivity contribution in [3.05, 3.63) is 28.2 Å². The summed E-state index contributed by atoms with van der Waals surface area (Å²) in [5.41, 5.74) is 7.13. The SMILES string of the molecule is CC1(C(C(=O)O)c2cc(Br)ccc2N)CCCCC1. The molecule has 0 aliphatic heterocycles. The van der Waals surface area contributed by atoms with Crippen LogP contribution in [0.1, 0.15) is 50.5 Å². The molecule has 0 radical (unpaired) electrons. The normalized spacial score (nSPS) is 19.9. The molecule has 1 unspecified atom stereocenters. The minimum atomic E-state index is -0.769. The number of benzene rings is 1. The van der Waals surface area contributed by atoms with Gasteiger partial charge in [-0.3, -0.25) is 4.79 Å². The molecule has 1 saturated carbocycles. The number of carboxylic acids is 1. The van der Waals surface area contributed by atoms with Gasteiger partial charge in [0.05, 0.1) is 5.92 Å². The topological polar surface area (TPSA) is 63.3 Å². The van der Waals surface area contributed by atoms with Gasteiger partial charge in [-0.1, -0.05) is 42.1 Å². The number of aliphatic carboxylic acids is 1. The van der Waals surface area contributed by atoms with Crippen LogP contribution in [0.25, 0.3) is 0 Å². The van der Waals surface area contributed by atoms with Crippen molar-refractivity contribution in [1.82, 2.24) is 0 Å². The Bertz CT molecular complexity index is 481. The van der Waals surface area contributed by atoms with Gasteiger partial charge in [0.2, 0.25) is 0 Å². The van der Waals surface area contributed by atoms with Gasteiger partial charge in [-0.2, -0.15) is 0 Å². The van der Waals surface area contributed by atoms with Crippen LogP contribution in [0.3, 0.4) is 0 Å². The number of hydrogen-bond acceptors (Lipinski definition) is 2. The van der Waals surface area contributed by atoms with Crippen LogP contribution in [0.15, 0.2) is 22.7 Å². The quantitative estimate of drug-likeness (QED) is 0.820. The first-order chi connectivity index (χ1) is 8.94. The van der Waals surface area contributed by atoms with E-state index in [1.807, 2.05) is 12.1 Å². The molecule has 1 atom stereocenters. The van der Waals surface area contributed by atoms with Crippen LogP contribution in [0.2, 0.25) is 0 Å². The molecule has 1 aromatic carbocycles. The van der Waals surface area contributed by atoms with Gasteiger partial charge < -0.3 is 10.8 Å². The lowest BCUT2D eigenvalue weighted by atomic mass is 9.65. The van der Waals surface area contributed by atoms with Crippen molar-refractivity contribution in [3.8, 4) is 0 Å². The van der Waals surface area contributed by atoms with E-state index in [1.165, 1.54) is 6.42 Å². The Morgan fingerprint density at radius 1 is 1.37 bits per heavy atom. The Labute approximate surface area is 122 Å². The number of nitrogens with two attached hydrogens (primary N) is 1. The van der Waals surface area contributed by atoms with Gasteiger partial charge in [0.1, 0.15) is 0 Å². The van der Waals surface area contributed by atoms with Crippen molar-refractivity contribution in [1.29, 1.82) is 0 Å². The molecule has 2 rings (SSSR count). The largest absolute Gasteiger partial charge is 0.481 e. The number of nitrogen functional groups attached to an aromatic ring is 1. The summed E-state index contributed by atoms with van der Waals surface area (Å²) in [4.78, 5) is 11.8. The second-order valence-corrected chi connectivity index (χ2v) is 6.67. The van der Waals surface area contributed by atoms with Crippen molar-refractivity contribution in [3.63, 3.8) is 0 Å². The lowest BCUT2D eigenvalue weighted by molar-refractivity contribution is -0.142. The minimum absolute atomic E-state index is 0.195. The van der Waals surface area contributed by atoms with Crippen LogP contribution in [-0.4, -0.2) is 11.1 Å². The molecule has 1 aliphatic carbocycles. The average Bonchev–Trinajstić information content (AvgIpc) is 2.34. The van der Waals surface area contributed by atoms with E-state index < -0.39 is 11.9 Å². The summed E-state index contributed by atoms with van der Waals surface area (Å²) in [6.07, 6.45) is 5.32. The molecule has 0 aromatic heterocycles. The maximum absolute atomic E-state index is 11.8. The molecule has 0 saturated heterocycles. The van der Waals surface area contributed by atoms with Crippen LogP contribution >= 0.6 is 15.9 Å². The van der Waals surface area contributed by atoms with Gasteiger partial charge >= 0.3 is 5.97 Å². The van der Waals surface area contributed by atoms with Crippen molar-refractivity contribution >= 4 is 27.6 Å². The Morgan fingerprint density at radius 2 is 2.00 bits per heavy atom. The van der Waals surface area contributed by atoms with Crippen LogP contribution in [0, 0.1) is 5.41 Å². The zero-order valence-corrected chi connectivity index (χ0v) is 12.7. The third-order valence-electron chi connectivity index (χ3n) is 4.30. The second kappa shape index (κ2) is 5.53. The van der Waals surface area contributed by atoms with Crippen molar-refractivity contribution < 1.29 is 9.90 Å². The molecule has 3 N–H and O–H groups in total. The van der Waals surface area contributed by atoms with Gasteiger partial charge in [-0.15, -0.1) is 0 Å². The Hall–Kier alpha value is -1.03. The predicted molar refractivity (Wildman–Crippen MR) is 80.1 cm³/mol. The highest BCUT2D eigenvalue weighted by molar-refractivity contribution is 9.10. The van der Waals surface area contributed by atoms with Gasteiger partial charge in [-0.25, -0.2) is 0 Å². The fourth-order valence-corrected chi connectivity index (χ4v) is 3.63. The van der Waals surface area contributed by atoms with E-state index in [0.717, 1.165) is 35.7 Å². The Kier molecular flexibility index (Phi) is 4.19. The molecule has 0 bridgehead atoms. The smallest absolute Gasteiger partial charge is 0.311 e. The van der Waals surface area contributed by atoms with E-state index in [2.05, 4.69) is 22.9 Å². The van der Waals surface area contributed by atoms with E-state index in [0.29, 0.717) is 5.69 Å². The van der Waals surface area contributed by atoms with Crippen LogP contribution in [0.5, 0.6) is 0 Å². The predicted octanol–water partition coefficient (Wildman–Crippen LogP) is 4.17. The molecule has 4 heteroatoms. The molecular weight excluding hydrogens is 306 g/mol. The highest BCUT2D eigenvalue weighted by Crippen LogP contribution is 2.48. The summed E-state index contributed by atoms with van der Waals surface area (Å²) in [5, 5.41) is 9.69. The van der Waals surface area contributed by atoms with Gasteiger partial charge in [0.15, 0.2) is 0 Å². The fraction of sp³-hybridized carbons (Fsp3) is 0.533. The van der Waals surface area contributed by atoms with Crippen molar-refractivity contribution in [2.45, 2.75) is 44.9 Å². The molecular formula is C15H20BrNO2. The minimum Gasteiger partial charge on any atom is -0.481 e.